The van der Waals surface area contributed by atoms with Gasteiger partial charge in [0.05, 0.1) is 0 Å². The highest BCUT2D eigenvalue weighted by Gasteiger charge is 1.80. The molecule has 0 aromatic rings. The third-order valence-corrected chi connectivity index (χ3v) is 1.21. The summed E-state index contributed by atoms with van der Waals surface area (Å²) < 4.78 is 0. The van der Waals surface area contributed by atoms with Crippen LogP contribution in [0.25, 0.3) is 0 Å². The summed E-state index contributed by atoms with van der Waals surface area (Å²) in [6.07, 6.45) is 7.01. The minimum absolute atomic E-state index is 0. The summed E-state index contributed by atoms with van der Waals surface area (Å²) in [5.41, 5.74) is 0. The fourth-order valence-electron chi connectivity index (χ4n) is 0.677. The van der Waals surface area contributed by atoms with Crippen molar-refractivity contribution in [2.24, 2.45) is 0 Å². The van der Waals surface area contributed by atoms with Gasteiger partial charge in [-0.3, -0.25) is 0 Å². The topological polar surface area (TPSA) is 0 Å². The summed E-state index contributed by atoms with van der Waals surface area (Å²) in [5.74, 6) is 0. The number of unbranched alkanes of at least 4 members (excludes halogenated alkanes) is 4. The summed E-state index contributed by atoms with van der Waals surface area (Å²) in [7, 11) is 0. The molecule has 52 valence electrons. The average Bonchev–Trinajstić information content (AvgIpc) is 1.69. The van der Waals surface area contributed by atoms with Crippen LogP contribution in [0.1, 0.15) is 46.0 Å². The predicted molar refractivity (Wildman–Crippen MR) is 49.8 cm³/mol. The lowest BCUT2D eigenvalue weighted by Gasteiger charge is -1.90. The highest BCUT2D eigenvalue weighted by Crippen LogP contribution is 2.00. The molecule has 0 aliphatic heterocycles. The third kappa shape index (κ3) is 9.88. The van der Waals surface area contributed by atoms with Crippen LogP contribution in [0.5, 0.6) is 0 Å². The smallest absolute Gasteiger partial charge is 0.0533 e. The second-order valence-corrected chi connectivity index (χ2v) is 2.06. The molecule has 0 N–H and O–H groups in total. The van der Waals surface area contributed by atoms with Gasteiger partial charge < -0.3 is 0 Å². The molecule has 0 bridgehead atoms. The van der Waals surface area contributed by atoms with E-state index in [4.69, 9.17) is 0 Å². The standard InChI is InChI=1S/C7H16.HI/c1-3-5-7-6-4-2;/h3-7H2,1-2H3;1H. The molecule has 0 nitrogen and oxygen atoms in total. The molecule has 0 amide bonds. The molecule has 0 heterocycles. The highest BCUT2D eigenvalue weighted by atomic mass is 127. The second kappa shape index (κ2) is 10.7. The normalized spacial score (nSPS) is 8.25. The van der Waals surface area contributed by atoms with Gasteiger partial charge in [0, 0.05) is 0 Å². The Labute approximate surface area is 70.1 Å². The Kier molecular flexibility index (Phi) is 15.4. The van der Waals surface area contributed by atoms with Crippen LogP contribution in [0.3, 0.4) is 0 Å². The van der Waals surface area contributed by atoms with Crippen molar-refractivity contribution in [2.75, 3.05) is 0 Å². The lowest BCUT2D eigenvalue weighted by atomic mass is 10.2. The van der Waals surface area contributed by atoms with Crippen LogP contribution in [0, 0.1) is 0 Å². The maximum atomic E-state index is 2.25. The van der Waals surface area contributed by atoms with Crippen LogP contribution in [0.2, 0.25) is 0 Å². The molecule has 0 saturated carbocycles. The lowest BCUT2D eigenvalue weighted by Crippen LogP contribution is -1.70. The molecule has 0 aromatic carbocycles. The van der Waals surface area contributed by atoms with Crippen molar-refractivity contribution in [2.45, 2.75) is 46.0 Å². The van der Waals surface area contributed by atoms with E-state index in [0.29, 0.717) is 0 Å². The maximum absolute atomic E-state index is 2.25. The van der Waals surface area contributed by atoms with Crippen molar-refractivity contribution >= 4 is 24.0 Å². The molecule has 0 atom stereocenters. The van der Waals surface area contributed by atoms with Crippen LogP contribution in [-0.2, 0) is 0 Å². The summed E-state index contributed by atoms with van der Waals surface area (Å²) in [6, 6.07) is 0. The number of rotatable bonds is 4. The molecule has 0 fully saturated rings. The van der Waals surface area contributed by atoms with E-state index in [9.17, 15) is 0 Å². The molecular formula is C7H17I. The molecule has 0 unspecified atom stereocenters. The first-order valence-electron chi connectivity index (χ1n) is 3.41. The van der Waals surface area contributed by atoms with Gasteiger partial charge in [-0.2, -0.15) is 0 Å². The first kappa shape index (κ1) is 11.5. The van der Waals surface area contributed by atoms with Gasteiger partial charge in [-0.25, -0.2) is 0 Å². The van der Waals surface area contributed by atoms with E-state index in [1.165, 1.54) is 32.1 Å². The van der Waals surface area contributed by atoms with Crippen molar-refractivity contribution in [3.63, 3.8) is 0 Å². The van der Waals surface area contributed by atoms with Crippen molar-refractivity contribution in [3.8, 4) is 0 Å². The van der Waals surface area contributed by atoms with E-state index in [1.807, 2.05) is 0 Å². The lowest BCUT2D eigenvalue weighted by molar-refractivity contribution is 0.656. The van der Waals surface area contributed by atoms with E-state index in [2.05, 4.69) is 13.8 Å². The Balaban J connectivity index is 0. The van der Waals surface area contributed by atoms with E-state index in [1.54, 1.807) is 0 Å². The van der Waals surface area contributed by atoms with Gasteiger partial charge in [-0.15, -0.1) is 24.0 Å². The minimum atomic E-state index is 0. The first-order valence-corrected chi connectivity index (χ1v) is 3.41. The molecule has 0 aliphatic carbocycles. The summed E-state index contributed by atoms with van der Waals surface area (Å²) in [5, 5.41) is 0. The van der Waals surface area contributed by atoms with E-state index >= 15 is 0 Å². The Morgan fingerprint density at radius 3 is 1.38 bits per heavy atom. The predicted octanol–water partition coefficient (Wildman–Crippen LogP) is 3.59. The zero-order valence-corrected chi connectivity index (χ0v) is 8.27. The van der Waals surface area contributed by atoms with Crippen molar-refractivity contribution in [3.05, 3.63) is 0 Å². The molecule has 0 spiro atoms. The Morgan fingerprint density at radius 1 is 0.750 bits per heavy atom. The fourth-order valence-corrected chi connectivity index (χ4v) is 0.677. The molecular weight excluding hydrogens is 211 g/mol. The van der Waals surface area contributed by atoms with Gasteiger partial charge in [-0.1, -0.05) is 46.0 Å². The zero-order chi connectivity index (χ0) is 5.54. The largest absolute Gasteiger partial charge is 0.107 e. The molecule has 0 rings (SSSR count). The van der Waals surface area contributed by atoms with Gasteiger partial charge in [0.15, 0.2) is 0 Å². The molecule has 1 heteroatoms. The highest BCUT2D eigenvalue weighted by molar-refractivity contribution is 14.0. The van der Waals surface area contributed by atoms with Gasteiger partial charge in [0.1, 0.15) is 0 Å². The van der Waals surface area contributed by atoms with Crippen LogP contribution < -0.4 is 0 Å². The molecule has 8 heavy (non-hydrogen) atoms. The molecule has 0 aliphatic rings. The number of halogens is 1. The SMILES string of the molecule is CCCCCCC.I. The first-order chi connectivity index (χ1) is 3.41. The van der Waals surface area contributed by atoms with E-state index < -0.39 is 0 Å². The van der Waals surface area contributed by atoms with E-state index in [0.717, 1.165) is 0 Å². The summed E-state index contributed by atoms with van der Waals surface area (Å²) >= 11 is 0. The van der Waals surface area contributed by atoms with Crippen molar-refractivity contribution in [1.29, 1.82) is 0 Å². The van der Waals surface area contributed by atoms with Gasteiger partial charge in [-0.05, 0) is 0 Å². The fraction of sp³-hybridized carbons (Fsp3) is 1.00. The van der Waals surface area contributed by atoms with Crippen LogP contribution >= 0.6 is 24.0 Å². The van der Waals surface area contributed by atoms with Crippen molar-refractivity contribution < 1.29 is 0 Å². The third-order valence-electron chi connectivity index (χ3n) is 1.21. The van der Waals surface area contributed by atoms with Gasteiger partial charge in [0.2, 0.25) is 0 Å². The monoisotopic (exact) mass is 228 g/mol. The second-order valence-electron chi connectivity index (χ2n) is 2.06. The van der Waals surface area contributed by atoms with Crippen LogP contribution in [0.4, 0.5) is 0 Å². The zero-order valence-electron chi connectivity index (χ0n) is 5.94. The summed E-state index contributed by atoms with van der Waals surface area (Å²) in [4.78, 5) is 0. The summed E-state index contributed by atoms with van der Waals surface area (Å²) in [6.45, 7) is 4.49. The van der Waals surface area contributed by atoms with Crippen LogP contribution in [0.15, 0.2) is 0 Å². The van der Waals surface area contributed by atoms with E-state index in [-0.39, 0.29) is 24.0 Å². The number of hydrogen-bond acceptors (Lipinski definition) is 0. The quantitative estimate of drug-likeness (QED) is 0.509. The van der Waals surface area contributed by atoms with Crippen LogP contribution in [-0.4, -0.2) is 0 Å². The maximum Gasteiger partial charge on any atom is -0.0533 e. The van der Waals surface area contributed by atoms with Gasteiger partial charge >= 0.3 is 0 Å². The Bertz CT molecular complexity index is 23.6. The minimum Gasteiger partial charge on any atom is -0.107 e. The Morgan fingerprint density at radius 2 is 1.12 bits per heavy atom. The molecule has 0 radical (unpaired) electrons. The molecule has 0 saturated heterocycles. The Hall–Kier alpha value is 0.730. The average molecular weight is 228 g/mol. The number of hydrogen-bond donors (Lipinski definition) is 0. The van der Waals surface area contributed by atoms with Gasteiger partial charge in [0.25, 0.3) is 0 Å². The molecule has 0 aromatic heterocycles. The van der Waals surface area contributed by atoms with Crippen molar-refractivity contribution in [1.82, 2.24) is 0 Å².